The smallest absolute Gasteiger partial charge is 0.185 e. The first-order chi connectivity index (χ1) is 6.24. The van der Waals surface area contributed by atoms with Crippen LogP contribution in [-0.4, -0.2) is 15.7 Å². The van der Waals surface area contributed by atoms with Gasteiger partial charge in [0.25, 0.3) is 0 Å². The molecule has 0 aliphatic carbocycles. The van der Waals surface area contributed by atoms with E-state index in [0.29, 0.717) is 27.3 Å². The van der Waals surface area contributed by atoms with Gasteiger partial charge in [0.2, 0.25) is 0 Å². The highest BCUT2D eigenvalue weighted by Crippen LogP contribution is 2.25. The first-order valence-electron chi connectivity index (χ1n) is 3.51. The van der Waals surface area contributed by atoms with Crippen molar-refractivity contribution >= 4 is 39.3 Å². The normalized spacial score (nSPS) is 10.6. The van der Waals surface area contributed by atoms with E-state index in [4.69, 9.17) is 11.6 Å². The minimum absolute atomic E-state index is 0.337. The van der Waals surface area contributed by atoms with Crippen LogP contribution in [-0.2, 0) is 0 Å². The van der Waals surface area contributed by atoms with Crippen molar-refractivity contribution in [2.45, 2.75) is 0 Å². The molecule has 0 atom stereocenters. The molecule has 0 saturated heterocycles. The molecule has 0 aromatic carbocycles. The molecule has 2 aromatic rings. The molecule has 2 heterocycles. The number of fused-ring (bicyclic) bond motifs is 1. The highest BCUT2D eigenvalue weighted by molar-refractivity contribution is 9.10. The van der Waals surface area contributed by atoms with E-state index in [1.807, 2.05) is 0 Å². The van der Waals surface area contributed by atoms with E-state index in [1.54, 1.807) is 22.7 Å². The predicted octanol–water partition coefficient (Wildman–Crippen LogP) is 2.56. The summed E-state index contributed by atoms with van der Waals surface area (Å²) in [7, 11) is 0. The van der Waals surface area contributed by atoms with Crippen LogP contribution >= 0.6 is 27.5 Å². The molecule has 0 aliphatic rings. The maximum atomic E-state index is 10.6. The number of pyridine rings is 1. The van der Waals surface area contributed by atoms with Crippen molar-refractivity contribution in [2.75, 3.05) is 0 Å². The van der Waals surface area contributed by atoms with Crippen LogP contribution in [0.1, 0.15) is 10.6 Å². The molecule has 2 rings (SSSR count). The zero-order chi connectivity index (χ0) is 9.42. The van der Waals surface area contributed by atoms with Gasteiger partial charge in [-0.1, -0.05) is 11.6 Å². The lowest BCUT2D eigenvalue weighted by Gasteiger charge is -1.96. The van der Waals surface area contributed by atoms with Crippen molar-refractivity contribution in [3.05, 3.63) is 33.8 Å². The fraction of sp³-hybridized carbons (Fsp3) is 0. The summed E-state index contributed by atoms with van der Waals surface area (Å²) in [5.74, 6) is 0.337. The van der Waals surface area contributed by atoms with Gasteiger partial charge >= 0.3 is 0 Å². The van der Waals surface area contributed by atoms with Crippen molar-refractivity contribution in [3.63, 3.8) is 0 Å². The van der Waals surface area contributed by atoms with E-state index in [0.717, 1.165) is 0 Å². The van der Waals surface area contributed by atoms with Gasteiger partial charge in [0.1, 0.15) is 4.60 Å². The van der Waals surface area contributed by atoms with Gasteiger partial charge in [-0.2, -0.15) is 0 Å². The summed E-state index contributed by atoms with van der Waals surface area (Å²) in [6.45, 7) is 0. The summed E-state index contributed by atoms with van der Waals surface area (Å²) >= 11 is 9.16. The summed E-state index contributed by atoms with van der Waals surface area (Å²) < 4.78 is 2.22. The summed E-state index contributed by atoms with van der Waals surface area (Å²) in [6.07, 6.45) is 2.43. The van der Waals surface area contributed by atoms with E-state index in [9.17, 15) is 4.79 Å². The zero-order valence-electron chi connectivity index (χ0n) is 6.37. The molecule has 0 unspecified atom stereocenters. The molecular formula is C8H4BrClN2O. The van der Waals surface area contributed by atoms with Crippen LogP contribution in [0.5, 0.6) is 0 Å². The van der Waals surface area contributed by atoms with Crippen molar-refractivity contribution < 1.29 is 4.79 Å². The number of carbonyl (C=O) groups excluding carboxylic acids is 1. The fourth-order valence-electron chi connectivity index (χ4n) is 1.16. The number of aromatic nitrogens is 2. The third-order valence-electron chi connectivity index (χ3n) is 1.71. The second-order valence-corrected chi connectivity index (χ2v) is 3.61. The average Bonchev–Trinajstić information content (AvgIpc) is 2.44. The Balaban J connectivity index is 2.95. The lowest BCUT2D eigenvalue weighted by molar-refractivity contribution is 0.111. The van der Waals surface area contributed by atoms with Crippen molar-refractivity contribution in [3.8, 4) is 0 Å². The van der Waals surface area contributed by atoms with Gasteiger partial charge in [0, 0.05) is 6.20 Å². The van der Waals surface area contributed by atoms with Gasteiger partial charge < -0.3 is 0 Å². The number of imidazole rings is 1. The summed E-state index contributed by atoms with van der Waals surface area (Å²) in [4.78, 5) is 14.6. The predicted molar refractivity (Wildman–Crippen MR) is 53.3 cm³/mol. The Morgan fingerprint density at radius 2 is 2.38 bits per heavy atom. The zero-order valence-corrected chi connectivity index (χ0v) is 8.71. The molecule has 0 saturated carbocycles. The van der Waals surface area contributed by atoms with Crippen LogP contribution in [0.3, 0.4) is 0 Å². The van der Waals surface area contributed by atoms with E-state index in [2.05, 4.69) is 20.9 Å². The monoisotopic (exact) mass is 258 g/mol. The van der Waals surface area contributed by atoms with Crippen LogP contribution in [0, 0.1) is 0 Å². The van der Waals surface area contributed by atoms with Gasteiger partial charge in [-0.25, -0.2) is 4.98 Å². The van der Waals surface area contributed by atoms with E-state index in [1.165, 1.54) is 0 Å². The summed E-state index contributed by atoms with van der Waals surface area (Å²) in [6, 6.07) is 3.51. The Morgan fingerprint density at radius 3 is 3.08 bits per heavy atom. The number of nitrogens with zero attached hydrogens (tertiary/aromatic N) is 2. The molecule has 0 spiro atoms. The molecule has 3 nitrogen and oxygen atoms in total. The maximum absolute atomic E-state index is 10.6. The van der Waals surface area contributed by atoms with E-state index >= 15 is 0 Å². The van der Waals surface area contributed by atoms with Crippen LogP contribution in [0.2, 0.25) is 5.02 Å². The topological polar surface area (TPSA) is 34.4 Å². The molecule has 13 heavy (non-hydrogen) atoms. The van der Waals surface area contributed by atoms with Crippen molar-refractivity contribution in [1.82, 2.24) is 9.38 Å². The molecule has 0 amide bonds. The quantitative estimate of drug-likeness (QED) is 0.738. The lowest BCUT2D eigenvalue weighted by Crippen LogP contribution is -1.90. The van der Waals surface area contributed by atoms with Crippen LogP contribution in [0.4, 0.5) is 0 Å². The Hall–Kier alpha value is -0.870. The van der Waals surface area contributed by atoms with Crippen LogP contribution in [0.25, 0.3) is 5.52 Å². The number of halogens is 2. The molecule has 0 N–H and O–H groups in total. The van der Waals surface area contributed by atoms with Gasteiger partial charge in [0.05, 0.1) is 10.5 Å². The summed E-state index contributed by atoms with van der Waals surface area (Å²) in [5, 5.41) is 0.565. The highest BCUT2D eigenvalue weighted by atomic mass is 79.9. The fourth-order valence-corrected chi connectivity index (χ4v) is 2.12. The first-order valence-corrected chi connectivity index (χ1v) is 4.68. The number of carbonyl (C=O) groups is 1. The molecule has 5 heteroatoms. The third kappa shape index (κ3) is 1.26. The minimum atomic E-state index is 0.337. The summed E-state index contributed by atoms with van der Waals surface area (Å²) in [5.41, 5.74) is 0.714. The number of aldehydes is 1. The highest BCUT2D eigenvalue weighted by Gasteiger charge is 2.10. The molecule has 0 radical (unpaired) electrons. The van der Waals surface area contributed by atoms with Crippen molar-refractivity contribution in [2.24, 2.45) is 0 Å². The Labute approximate surface area is 87.5 Å². The number of hydrogen-bond donors (Lipinski definition) is 0. The van der Waals surface area contributed by atoms with Gasteiger partial charge in [-0.3, -0.25) is 9.20 Å². The molecule has 2 aromatic heterocycles. The maximum Gasteiger partial charge on any atom is 0.185 e. The lowest BCUT2D eigenvalue weighted by atomic mass is 10.4. The first kappa shape index (κ1) is 8.72. The van der Waals surface area contributed by atoms with Gasteiger partial charge in [0.15, 0.2) is 12.1 Å². The van der Waals surface area contributed by atoms with Gasteiger partial charge in [-0.05, 0) is 28.1 Å². The third-order valence-corrected chi connectivity index (χ3v) is 2.56. The molecular weight excluding hydrogens is 255 g/mol. The Morgan fingerprint density at radius 1 is 1.62 bits per heavy atom. The van der Waals surface area contributed by atoms with Crippen LogP contribution in [0.15, 0.2) is 22.9 Å². The molecule has 0 aliphatic heterocycles. The largest absolute Gasteiger partial charge is 0.295 e. The molecule has 0 fully saturated rings. The van der Waals surface area contributed by atoms with E-state index in [-0.39, 0.29) is 0 Å². The number of rotatable bonds is 1. The van der Waals surface area contributed by atoms with Crippen molar-refractivity contribution in [1.29, 1.82) is 0 Å². The molecule has 0 bridgehead atoms. The average molecular weight is 259 g/mol. The second-order valence-electron chi connectivity index (χ2n) is 2.45. The van der Waals surface area contributed by atoms with Gasteiger partial charge in [-0.15, -0.1) is 0 Å². The minimum Gasteiger partial charge on any atom is -0.295 e. The van der Waals surface area contributed by atoms with Crippen LogP contribution < -0.4 is 0 Å². The number of hydrogen-bond acceptors (Lipinski definition) is 2. The molecule has 66 valence electrons. The van der Waals surface area contributed by atoms with E-state index < -0.39 is 0 Å². The SMILES string of the molecule is O=Cc1nc(Br)c2c(Cl)cccn12. The standard InChI is InChI=1S/C8H4BrClN2O/c9-8-7-5(10)2-1-3-12(7)6(4-13)11-8/h1-4H. The second kappa shape index (κ2) is 3.12. The Kier molecular flexibility index (Phi) is 2.09. The Bertz CT molecular complexity index is 480.